The van der Waals surface area contributed by atoms with Crippen molar-refractivity contribution in [1.82, 2.24) is 4.57 Å². The smallest absolute Gasteiger partial charge is 0.308 e. The molecule has 0 aliphatic carbocycles. The molecule has 0 atom stereocenters. The minimum absolute atomic E-state index is 0. The highest BCUT2D eigenvalue weighted by Gasteiger charge is 2.09. The summed E-state index contributed by atoms with van der Waals surface area (Å²) in [5.74, 6) is 0.134. The molecule has 2 aromatic rings. The van der Waals surface area contributed by atoms with Crippen LogP contribution < -0.4 is 10.6 Å². The Kier molecular flexibility index (Phi) is 3.73. The van der Waals surface area contributed by atoms with Crippen molar-refractivity contribution in [2.24, 2.45) is 5.73 Å². The van der Waals surface area contributed by atoms with E-state index in [9.17, 15) is 9.90 Å². The van der Waals surface area contributed by atoms with Gasteiger partial charge in [0.25, 0.3) is 0 Å². The molecule has 0 saturated heterocycles. The maximum atomic E-state index is 11.5. The molecule has 0 amide bonds. The van der Waals surface area contributed by atoms with Crippen molar-refractivity contribution in [3.63, 3.8) is 0 Å². The Labute approximate surface area is 96.4 Å². The first-order valence-corrected chi connectivity index (χ1v) is 5.07. The summed E-state index contributed by atoms with van der Waals surface area (Å²) in [6.45, 7) is 0.830. The minimum atomic E-state index is -0.0769. The number of benzene rings is 1. The lowest BCUT2D eigenvalue weighted by molar-refractivity contribution is 0.477. The highest BCUT2D eigenvalue weighted by molar-refractivity contribution is 7.16. The van der Waals surface area contributed by atoms with Gasteiger partial charge in [-0.25, -0.2) is 0 Å². The molecule has 0 saturated carbocycles. The Hall–Kier alpha value is -1.04. The van der Waals surface area contributed by atoms with E-state index in [0.29, 0.717) is 18.6 Å². The molecule has 0 aliphatic rings. The van der Waals surface area contributed by atoms with Gasteiger partial charge in [-0.2, -0.15) is 0 Å². The normalized spacial score (nSPS) is 10.2. The van der Waals surface area contributed by atoms with Crippen LogP contribution in [0.15, 0.2) is 23.0 Å². The van der Waals surface area contributed by atoms with Crippen LogP contribution in [0.1, 0.15) is 0 Å². The molecule has 0 fully saturated rings. The van der Waals surface area contributed by atoms with Crippen LogP contribution in [-0.2, 0) is 6.54 Å². The molecule has 15 heavy (non-hydrogen) atoms. The van der Waals surface area contributed by atoms with Gasteiger partial charge in [-0.1, -0.05) is 17.4 Å². The van der Waals surface area contributed by atoms with E-state index < -0.39 is 0 Å². The lowest BCUT2D eigenvalue weighted by Crippen LogP contribution is -2.18. The van der Waals surface area contributed by atoms with Crippen molar-refractivity contribution in [1.29, 1.82) is 0 Å². The summed E-state index contributed by atoms with van der Waals surface area (Å²) in [7, 11) is 0. The first-order chi connectivity index (χ1) is 6.74. The van der Waals surface area contributed by atoms with Gasteiger partial charge >= 0.3 is 4.87 Å². The minimum Gasteiger partial charge on any atom is -0.506 e. The van der Waals surface area contributed by atoms with Gasteiger partial charge < -0.3 is 10.8 Å². The molecule has 4 nitrogen and oxygen atoms in total. The topological polar surface area (TPSA) is 68.2 Å². The number of nitrogens with zero attached hydrogens (tertiary/aromatic N) is 1. The molecule has 1 aromatic heterocycles. The van der Waals surface area contributed by atoms with E-state index in [1.165, 1.54) is 4.57 Å². The number of halogens is 1. The number of hydrogen-bond donors (Lipinski definition) is 2. The van der Waals surface area contributed by atoms with E-state index in [0.717, 1.165) is 16.0 Å². The van der Waals surface area contributed by atoms with Crippen LogP contribution in [-0.4, -0.2) is 16.2 Å². The summed E-state index contributed by atoms with van der Waals surface area (Å²) in [4.78, 5) is 11.4. The SMILES string of the molecule is Cl.NCCn1c(=O)sc2cccc(O)c21. The van der Waals surface area contributed by atoms with E-state index >= 15 is 0 Å². The number of nitrogens with two attached hydrogens (primary N) is 1. The molecule has 0 unspecified atom stereocenters. The van der Waals surface area contributed by atoms with E-state index in [1.54, 1.807) is 12.1 Å². The Morgan fingerprint density at radius 2 is 2.20 bits per heavy atom. The molecule has 3 N–H and O–H groups in total. The quantitative estimate of drug-likeness (QED) is 0.835. The van der Waals surface area contributed by atoms with Crippen LogP contribution in [0.25, 0.3) is 10.2 Å². The number of aromatic hydroxyl groups is 1. The number of aromatic nitrogens is 1. The second kappa shape index (κ2) is 4.65. The maximum Gasteiger partial charge on any atom is 0.308 e. The molecule has 1 heterocycles. The Bertz CT molecular complexity index is 520. The third-order valence-electron chi connectivity index (χ3n) is 2.02. The van der Waals surface area contributed by atoms with E-state index in [2.05, 4.69) is 0 Å². The fourth-order valence-electron chi connectivity index (χ4n) is 1.44. The monoisotopic (exact) mass is 246 g/mol. The van der Waals surface area contributed by atoms with Gasteiger partial charge in [0.2, 0.25) is 0 Å². The summed E-state index contributed by atoms with van der Waals surface area (Å²) in [5, 5.41) is 9.60. The summed E-state index contributed by atoms with van der Waals surface area (Å²) in [6, 6.07) is 5.11. The molecule has 0 bridgehead atoms. The van der Waals surface area contributed by atoms with Gasteiger partial charge in [-0.15, -0.1) is 12.4 Å². The lowest BCUT2D eigenvalue weighted by Gasteiger charge is -2.01. The zero-order chi connectivity index (χ0) is 10.1. The van der Waals surface area contributed by atoms with Crippen molar-refractivity contribution < 1.29 is 5.11 Å². The number of fused-ring (bicyclic) bond motifs is 1. The molecule has 6 heteroatoms. The Morgan fingerprint density at radius 3 is 2.87 bits per heavy atom. The third kappa shape index (κ3) is 1.99. The van der Waals surface area contributed by atoms with Gasteiger partial charge in [0, 0.05) is 13.1 Å². The highest BCUT2D eigenvalue weighted by atomic mass is 35.5. The third-order valence-corrected chi connectivity index (χ3v) is 2.96. The van der Waals surface area contributed by atoms with Crippen LogP contribution in [0.2, 0.25) is 0 Å². The van der Waals surface area contributed by atoms with Gasteiger partial charge in [0.1, 0.15) is 11.3 Å². The Balaban J connectivity index is 0.00000112. The van der Waals surface area contributed by atoms with Crippen molar-refractivity contribution >= 4 is 34.0 Å². The van der Waals surface area contributed by atoms with Crippen molar-refractivity contribution in [2.45, 2.75) is 6.54 Å². The molecular formula is C9H11ClN2O2S. The van der Waals surface area contributed by atoms with Gasteiger partial charge in [-0.05, 0) is 12.1 Å². The number of phenolic OH excluding ortho intramolecular Hbond substituents is 1. The molecule has 2 rings (SSSR count). The second-order valence-corrected chi connectivity index (χ2v) is 3.93. The van der Waals surface area contributed by atoms with Crippen molar-refractivity contribution in [3.8, 4) is 5.75 Å². The Morgan fingerprint density at radius 1 is 1.47 bits per heavy atom. The largest absolute Gasteiger partial charge is 0.506 e. The first kappa shape index (κ1) is 12.0. The van der Waals surface area contributed by atoms with Crippen LogP contribution in [0, 0.1) is 0 Å². The van der Waals surface area contributed by atoms with E-state index in [1.807, 2.05) is 6.07 Å². The fourth-order valence-corrected chi connectivity index (χ4v) is 2.38. The lowest BCUT2D eigenvalue weighted by atomic mass is 10.3. The summed E-state index contributed by atoms with van der Waals surface area (Å²) in [5.41, 5.74) is 5.98. The second-order valence-electron chi connectivity index (χ2n) is 2.93. The number of rotatable bonds is 2. The molecule has 82 valence electrons. The predicted molar refractivity (Wildman–Crippen MR) is 64.1 cm³/mol. The van der Waals surface area contributed by atoms with E-state index in [-0.39, 0.29) is 23.0 Å². The molecule has 1 aromatic carbocycles. The number of hydrogen-bond acceptors (Lipinski definition) is 4. The van der Waals surface area contributed by atoms with Crippen LogP contribution in [0.4, 0.5) is 0 Å². The molecule has 0 spiro atoms. The standard InChI is InChI=1S/C9H10N2O2S.ClH/c10-4-5-11-8-6(12)2-1-3-7(8)14-9(11)13;/h1-3,12H,4-5,10H2;1H. The van der Waals surface area contributed by atoms with Gasteiger partial charge in [-0.3, -0.25) is 9.36 Å². The maximum absolute atomic E-state index is 11.5. The zero-order valence-corrected chi connectivity index (χ0v) is 9.48. The number of phenols is 1. The van der Waals surface area contributed by atoms with Crippen LogP contribution >= 0.6 is 23.7 Å². The number of para-hydroxylation sites is 1. The van der Waals surface area contributed by atoms with Gasteiger partial charge in [0.15, 0.2) is 0 Å². The van der Waals surface area contributed by atoms with Crippen LogP contribution in [0.3, 0.4) is 0 Å². The van der Waals surface area contributed by atoms with E-state index in [4.69, 9.17) is 5.73 Å². The molecule has 0 aliphatic heterocycles. The fraction of sp³-hybridized carbons (Fsp3) is 0.222. The molecule has 0 radical (unpaired) electrons. The average molecular weight is 247 g/mol. The van der Waals surface area contributed by atoms with Crippen LogP contribution in [0.5, 0.6) is 5.75 Å². The summed E-state index contributed by atoms with van der Waals surface area (Å²) < 4.78 is 2.30. The summed E-state index contributed by atoms with van der Waals surface area (Å²) in [6.07, 6.45) is 0. The zero-order valence-electron chi connectivity index (χ0n) is 7.84. The first-order valence-electron chi connectivity index (χ1n) is 4.25. The molecular weight excluding hydrogens is 236 g/mol. The summed E-state index contributed by atoms with van der Waals surface area (Å²) >= 11 is 1.12. The van der Waals surface area contributed by atoms with Crippen molar-refractivity contribution in [3.05, 3.63) is 27.9 Å². The average Bonchev–Trinajstić information content (AvgIpc) is 2.45. The number of thiazole rings is 1. The van der Waals surface area contributed by atoms with Gasteiger partial charge in [0.05, 0.1) is 4.70 Å². The highest BCUT2D eigenvalue weighted by Crippen LogP contribution is 2.25. The van der Waals surface area contributed by atoms with Crippen molar-refractivity contribution in [2.75, 3.05) is 6.54 Å². The predicted octanol–water partition coefficient (Wildman–Crippen LogP) is 1.15.